The van der Waals surface area contributed by atoms with Gasteiger partial charge in [0.05, 0.1) is 5.56 Å². The van der Waals surface area contributed by atoms with Crippen molar-refractivity contribution < 1.29 is 18.0 Å². The SMILES string of the molecule is CC(=O)Nc1nnc(SCc2cccc(C(F)(F)F)c2)s1. The second kappa shape index (κ2) is 6.44. The standard InChI is InChI=1S/C12H10F3N3OS2/c1-7(19)16-10-17-18-11(21-10)20-6-8-3-2-4-9(5-8)12(13,14)15/h2-5H,6H2,1H3,(H,16,17,19). The highest BCUT2D eigenvalue weighted by Crippen LogP contribution is 2.32. The zero-order valence-corrected chi connectivity index (χ0v) is 12.4. The van der Waals surface area contributed by atoms with E-state index in [2.05, 4.69) is 15.5 Å². The molecule has 1 aromatic carbocycles. The Balaban J connectivity index is 2.00. The number of thioether (sulfide) groups is 1. The highest BCUT2D eigenvalue weighted by Gasteiger charge is 2.30. The second-order valence-electron chi connectivity index (χ2n) is 4.04. The van der Waals surface area contributed by atoms with E-state index in [1.807, 2.05) is 0 Å². The molecule has 0 spiro atoms. The van der Waals surface area contributed by atoms with Crippen molar-refractivity contribution >= 4 is 34.1 Å². The number of aromatic nitrogens is 2. The molecule has 112 valence electrons. The minimum atomic E-state index is -4.35. The molecule has 1 aromatic heterocycles. The van der Waals surface area contributed by atoms with Crippen LogP contribution >= 0.6 is 23.1 Å². The summed E-state index contributed by atoms with van der Waals surface area (Å²) in [5, 5.41) is 10.5. The van der Waals surface area contributed by atoms with Gasteiger partial charge in [0.25, 0.3) is 0 Å². The summed E-state index contributed by atoms with van der Waals surface area (Å²) < 4.78 is 38.3. The maximum Gasteiger partial charge on any atom is 0.416 e. The van der Waals surface area contributed by atoms with Crippen LogP contribution in [0.4, 0.5) is 18.3 Å². The number of amides is 1. The van der Waals surface area contributed by atoms with Gasteiger partial charge in [-0.2, -0.15) is 13.2 Å². The zero-order valence-electron chi connectivity index (χ0n) is 10.8. The van der Waals surface area contributed by atoms with Crippen molar-refractivity contribution in [3.05, 3.63) is 35.4 Å². The third-order valence-electron chi connectivity index (χ3n) is 2.31. The van der Waals surface area contributed by atoms with Crippen LogP contribution in [-0.4, -0.2) is 16.1 Å². The first-order chi connectivity index (χ1) is 9.84. The molecule has 1 amide bonds. The molecular weight excluding hydrogens is 323 g/mol. The maximum absolute atomic E-state index is 12.6. The number of hydrogen-bond donors (Lipinski definition) is 1. The lowest BCUT2D eigenvalue weighted by Gasteiger charge is -2.07. The Labute approximate surface area is 126 Å². The van der Waals surface area contributed by atoms with E-state index in [9.17, 15) is 18.0 Å². The fraction of sp³-hybridized carbons (Fsp3) is 0.250. The fourth-order valence-electron chi connectivity index (χ4n) is 1.45. The first kappa shape index (κ1) is 15.8. The Bertz CT molecular complexity index is 643. The van der Waals surface area contributed by atoms with Crippen LogP contribution in [0.5, 0.6) is 0 Å². The maximum atomic E-state index is 12.6. The fourth-order valence-corrected chi connectivity index (χ4v) is 3.19. The summed E-state index contributed by atoms with van der Waals surface area (Å²) in [5.41, 5.74) is -0.122. The summed E-state index contributed by atoms with van der Waals surface area (Å²) in [6.07, 6.45) is -4.35. The summed E-state index contributed by atoms with van der Waals surface area (Å²) in [6.45, 7) is 1.36. The minimum Gasteiger partial charge on any atom is -0.301 e. The quantitative estimate of drug-likeness (QED) is 0.683. The Kier molecular flexibility index (Phi) is 4.84. The van der Waals surface area contributed by atoms with Gasteiger partial charge in [0, 0.05) is 12.7 Å². The molecule has 0 radical (unpaired) electrons. The molecule has 2 aromatic rings. The smallest absolute Gasteiger partial charge is 0.301 e. The van der Waals surface area contributed by atoms with E-state index in [-0.39, 0.29) is 5.91 Å². The monoisotopic (exact) mass is 333 g/mol. The van der Waals surface area contributed by atoms with Crippen LogP contribution in [0.15, 0.2) is 28.6 Å². The first-order valence-electron chi connectivity index (χ1n) is 5.74. The molecule has 0 saturated heterocycles. The summed E-state index contributed by atoms with van der Waals surface area (Å²) in [5.74, 6) is 0.0964. The minimum absolute atomic E-state index is 0.249. The number of benzene rings is 1. The van der Waals surface area contributed by atoms with Gasteiger partial charge in [0.2, 0.25) is 11.0 Å². The number of nitrogens with zero attached hydrogens (tertiary/aromatic N) is 2. The Morgan fingerprint density at radius 2 is 2.14 bits per heavy atom. The largest absolute Gasteiger partial charge is 0.416 e. The molecule has 21 heavy (non-hydrogen) atoms. The van der Waals surface area contributed by atoms with E-state index in [4.69, 9.17) is 0 Å². The van der Waals surface area contributed by atoms with Crippen molar-refractivity contribution in [3.63, 3.8) is 0 Å². The molecule has 4 nitrogen and oxygen atoms in total. The molecule has 0 fully saturated rings. The average molecular weight is 333 g/mol. The summed E-state index contributed by atoms with van der Waals surface area (Å²) in [4.78, 5) is 10.8. The topological polar surface area (TPSA) is 54.9 Å². The van der Waals surface area contributed by atoms with Gasteiger partial charge in [-0.25, -0.2) is 0 Å². The van der Waals surface area contributed by atoms with Crippen LogP contribution in [-0.2, 0) is 16.7 Å². The van der Waals surface area contributed by atoms with Gasteiger partial charge in [-0.15, -0.1) is 10.2 Å². The van der Waals surface area contributed by atoms with Crippen molar-refractivity contribution in [2.24, 2.45) is 0 Å². The molecule has 0 aliphatic rings. The van der Waals surface area contributed by atoms with Crippen LogP contribution < -0.4 is 5.32 Å². The molecule has 0 bridgehead atoms. The molecular formula is C12H10F3N3OS2. The van der Waals surface area contributed by atoms with E-state index in [0.29, 0.717) is 20.8 Å². The van der Waals surface area contributed by atoms with Gasteiger partial charge in [-0.05, 0) is 11.6 Å². The van der Waals surface area contributed by atoms with Crippen molar-refractivity contribution in [1.29, 1.82) is 0 Å². The second-order valence-corrected chi connectivity index (χ2v) is 6.24. The van der Waals surface area contributed by atoms with Gasteiger partial charge >= 0.3 is 6.18 Å². The molecule has 1 N–H and O–H groups in total. The normalized spacial score (nSPS) is 11.4. The number of carbonyl (C=O) groups excluding carboxylic acids is 1. The van der Waals surface area contributed by atoms with Crippen LogP contribution in [0.25, 0.3) is 0 Å². The van der Waals surface area contributed by atoms with Crippen LogP contribution in [0.3, 0.4) is 0 Å². The van der Waals surface area contributed by atoms with E-state index < -0.39 is 11.7 Å². The first-order valence-corrected chi connectivity index (χ1v) is 7.55. The zero-order chi connectivity index (χ0) is 15.5. The van der Waals surface area contributed by atoms with Gasteiger partial charge in [0.15, 0.2) is 4.34 Å². The van der Waals surface area contributed by atoms with Gasteiger partial charge in [-0.1, -0.05) is 41.3 Å². The van der Waals surface area contributed by atoms with E-state index in [1.165, 1.54) is 36.1 Å². The number of alkyl halides is 3. The van der Waals surface area contributed by atoms with E-state index in [0.717, 1.165) is 12.1 Å². The van der Waals surface area contributed by atoms with Crippen molar-refractivity contribution in [2.45, 2.75) is 23.2 Å². The van der Waals surface area contributed by atoms with Gasteiger partial charge < -0.3 is 5.32 Å². The lowest BCUT2D eigenvalue weighted by Crippen LogP contribution is -2.04. The lowest BCUT2D eigenvalue weighted by atomic mass is 10.1. The Hall–Kier alpha value is -1.61. The van der Waals surface area contributed by atoms with Crippen molar-refractivity contribution in [1.82, 2.24) is 10.2 Å². The average Bonchev–Trinajstić information content (AvgIpc) is 2.82. The molecule has 0 aliphatic heterocycles. The number of carbonyl (C=O) groups is 1. The summed E-state index contributed by atoms with van der Waals surface area (Å²) in [6, 6.07) is 5.15. The molecule has 9 heteroatoms. The predicted octanol–water partition coefficient (Wildman–Crippen LogP) is 3.81. The number of halogens is 3. The van der Waals surface area contributed by atoms with Crippen LogP contribution in [0.2, 0.25) is 0 Å². The lowest BCUT2D eigenvalue weighted by molar-refractivity contribution is -0.137. The number of nitrogens with one attached hydrogen (secondary N) is 1. The third kappa shape index (κ3) is 4.71. The predicted molar refractivity (Wildman–Crippen MR) is 75.2 cm³/mol. The molecule has 0 unspecified atom stereocenters. The van der Waals surface area contributed by atoms with Gasteiger partial charge in [-0.3, -0.25) is 4.79 Å². The summed E-state index contributed by atoms with van der Waals surface area (Å²) in [7, 11) is 0. The van der Waals surface area contributed by atoms with Crippen LogP contribution in [0, 0.1) is 0 Å². The van der Waals surface area contributed by atoms with Gasteiger partial charge in [0.1, 0.15) is 0 Å². The van der Waals surface area contributed by atoms with E-state index >= 15 is 0 Å². The van der Waals surface area contributed by atoms with Crippen molar-refractivity contribution in [3.8, 4) is 0 Å². The van der Waals surface area contributed by atoms with Crippen LogP contribution in [0.1, 0.15) is 18.1 Å². The van der Waals surface area contributed by atoms with Crippen molar-refractivity contribution in [2.75, 3.05) is 5.32 Å². The number of hydrogen-bond acceptors (Lipinski definition) is 5. The molecule has 0 aliphatic carbocycles. The molecule has 2 rings (SSSR count). The molecule has 0 atom stereocenters. The molecule has 1 heterocycles. The summed E-state index contributed by atoms with van der Waals surface area (Å²) >= 11 is 2.44. The highest BCUT2D eigenvalue weighted by atomic mass is 32.2. The number of rotatable bonds is 4. The van der Waals surface area contributed by atoms with E-state index in [1.54, 1.807) is 6.07 Å². The number of anilines is 1. The Morgan fingerprint density at radius 1 is 1.38 bits per heavy atom. The molecule has 0 saturated carbocycles. The Morgan fingerprint density at radius 3 is 2.81 bits per heavy atom. The highest BCUT2D eigenvalue weighted by molar-refractivity contribution is 8.00. The third-order valence-corrected chi connectivity index (χ3v) is 4.35.